The molecule has 0 spiro atoms. The van der Waals surface area contributed by atoms with Crippen molar-refractivity contribution in [2.75, 3.05) is 37.7 Å². The van der Waals surface area contributed by atoms with Crippen LogP contribution in [0.25, 0.3) is 11.4 Å². The third kappa shape index (κ3) is 11.2. The Labute approximate surface area is 226 Å². The fourth-order valence-corrected chi connectivity index (χ4v) is 4.59. The Kier molecular flexibility index (Phi) is 14.0. The van der Waals surface area contributed by atoms with Crippen molar-refractivity contribution in [3.05, 3.63) is 83.9 Å². The Morgan fingerprint density at radius 1 is 0.676 bits per heavy atom. The summed E-state index contributed by atoms with van der Waals surface area (Å²) in [5.74, 6) is 1.48. The van der Waals surface area contributed by atoms with Crippen molar-refractivity contribution in [3.63, 3.8) is 0 Å². The maximum atomic E-state index is 12.9. The highest BCUT2D eigenvalue weighted by molar-refractivity contribution is 7.99. The van der Waals surface area contributed by atoms with Crippen LogP contribution >= 0.6 is 11.8 Å². The largest absolute Gasteiger partial charge is 0.398 e. The van der Waals surface area contributed by atoms with E-state index in [4.69, 9.17) is 11.5 Å². The summed E-state index contributed by atoms with van der Waals surface area (Å²) in [4.78, 5) is 29.6. The summed E-state index contributed by atoms with van der Waals surface area (Å²) in [5, 5.41) is 0. The van der Waals surface area contributed by atoms with Gasteiger partial charge in [0.2, 0.25) is 11.8 Å². The highest BCUT2D eigenvalue weighted by atomic mass is 32.2. The molecular weight excluding hydrogens is 480 g/mol. The minimum Gasteiger partial charge on any atom is -0.398 e. The summed E-state index contributed by atoms with van der Waals surface area (Å²) in [5.41, 5.74) is 15.0. The van der Waals surface area contributed by atoms with Crippen LogP contribution in [0.4, 0.5) is 0 Å². The number of hydrogen-bond donors (Lipinski definition) is 2. The van der Waals surface area contributed by atoms with E-state index in [9.17, 15) is 9.59 Å². The lowest BCUT2D eigenvalue weighted by Crippen LogP contribution is -2.34. The van der Waals surface area contributed by atoms with Gasteiger partial charge in [0, 0.05) is 61.2 Å². The third-order valence-corrected chi connectivity index (χ3v) is 6.91. The van der Waals surface area contributed by atoms with Gasteiger partial charge in [0.15, 0.2) is 0 Å². The van der Waals surface area contributed by atoms with Crippen LogP contribution in [0.15, 0.2) is 72.8 Å². The second kappa shape index (κ2) is 17.3. The first-order chi connectivity index (χ1) is 18.0. The van der Waals surface area contributed by atoms with Crippen LogP contribution in [0, 0.1) is 0 Å². The Morgan fingerprint density at radius 2 is 1.05 bits per heavy atom. The van der Waals surface area contributed by atoms with Gasteiger partial charge in [0.1, 0.15) is 0 Å². The van der Waals surface area contributed by atoms with Crippen LogP contribution in [0.3, 0.4) is 0 Å². The highest BCUT2D eigenvalue weighted by Gasteiger charge is 2.14. The molecule has 0 unspecified atom stereocenters. The molecule has 2 amide bonds. The van der Waals surface area contributed by atoms with E-state index in [0.717, 1.165) is 48.3 Å². The van der Waals surface area contributed by atoms with E-state index in [1.807, 2.05) is 70.5 Å². The Balaban J connectivity index is 1.90. The van der Waals surface area contributed by atoms with Crippen LogP contribution in [-0.4, -0.2) is 59.3 Å². The molecule has 0 bridgehead atoms. The van der Waals surface area contributed by atoms with Crippen molar-refractivity contribution in [3.8, 4) is 0 Å². The molecule has 2 rings (SSSR count). The van der Waals surface area contributed by atoms with Gasteiger partial charge in [-0.05, 0) is 24.0 Å². The summed E-state index contributed by atoms with van der Waals surface area (Å²) >= 11 is 1.75. The van der Waals surface area contributed by atoms with Gasteiger partial charge in [-0.3, -0.25) is 9.59 Å². The molecule has 2 aromatic rings. The zero-order chi connectivity index (χ0) is 26.9. The van der Waals surface area contributed by atoms with Crippen molar-refractivity contribution in [1.29, 1.82) is 0 Å². The molecule has 0 saturated carbocycles. The van der Waals surface area contributed by atoms with Gasteiger partial charge in [-0.15, -0.1) is 0 Å². The number of unbranched alkanes of at least 4 members (excludes halogenated alkanes) is 2. The van der Waals surface area contributed by atoms with Gasteiger partial charge in [-0.1, -0.05) is 87.4 Å². The highest BCUT2D eigenvalue weighted by Crippen LogP contribution is 2.12. The van der Waals surface area contributed by atoms with E-state index in [2.05, 4.69) is 13.8 Å². The number of nitrogens with zero attached hydrogens (tertiary/aromatic N) is 2. The lowest BCUT2D eigenvalue weighted by molar-refractivity contribution is -0.126. The number of amides is 2. The van der Waals surface area contributed by atoms with Crippen molar-refractivity contribution < 1.29 is 9.59 Å². The fraction of sp³-hybridized carbons (Fsp3) is 0.400. The minimum absolute atomic E-state index is 0.0586. The van der Waals surface area contributed by atoms with Crippen molar-refractivity contribution >= 4 is 35.0 Å². The van der Waals surface area contributed by atoms with Gasteiger partial charge in [-0.2, -0.15) is 11.8 Å². The molecule has 7 heteroatoms. The molecule has 0 heterocycles. The SMILES string of the molecule is CCCCN(CCSCCN(CCCC)C(=O)/C=C(\N)c1ccccc1)C(=O)/C=C(\N)c1ccccc1. The number of benzene rings is 2. The smallest absolute Gasteiger partial charge is 0.248 e. The van der Waals surface area contributed by atoms with Crippen LogP contribution in [0.2, 0.25) is 0 Å². The van der Waals surface area contributed by atoms with Crippen molar-refractivity contribution in [2.45, 2.75) is 39.5 Å². The number of carbonyl (C=O) groups is 2. The average Bonchev–Trinajstić information content (AvgIpc) is 2.92. The third-order valence-electron chi connectivity index (χ3n) is 5.97. The Morgan fingerprint density at radius 3 is 1.41 bits per heavy atom. The maximum Gasteiger partial charge on any atom is 0.248 e. The van der Waals surface area contributed by atoms with Crippen LogP contribution in [0.5, 0.6) is 0 Å². The zero-order valence-electron chi connectivity index (χ0n) is 22.3. The van der Waals surface area contributed by atoms with Crippen LogP contribution in [-0.2, 0) is 9.59 Å². The van der Waals surface area contributed by atoms with E-state index in [0.29, 0.717) is 37.6 Å². The molecule has 0 aromatic heterocycles. The van der Waals surface area contributed by atoms with Crippen molar-refractivity contribution in [1.82, 2.24) is 9.80 Å². The molecule has 0 aliphatic rings. The van der Waals surface area contributed by atoms with E-state index in [1.54, 1.807) is 11.8 Å². The number of nitrogens with two attached hydrogens (primary N) is 2. The molecule has 6 nitrogen and oxygen atoms in total. The molecule has 2 aromatic carbocycles. The average molecular weight is 523 g/mol. The molecule has 0 aliphatic heterocycles. The first-order valence-electron chi connectivity index (χ1n) is 13.2. The topological polar surface area (TPSA) is 92.7 Å². The summed E-state index contributed by atoms with van der Waals surface area (Å²) in [6.07, 6.45) is 6.99. The molecule has 200 valence electrons. The fourth-order valence-electron chi connectivity index (χ4n) is 3.69. The zero-order valence-corrected chi connectivity index (χ0v) is 23.1. The number of carbonyl (C=O) groups excluding carboxylic acids is 2. The van der Waals surface area contributed by atoms with E-state index < -0.39 is 0 Å². The lowest BCUT2D eigenvalue weighted by Gasteiger charge is -2.23. The normalized spacial score (nSPS) is 11.8. The van der Waals surface area contributed by atoms with E-state index >= 15 is 0 Å². The summed E-state index contributed by atoms with van der Waals surface area (Å²) in [7, 11) is 0. The van der Waals surface area contributed by atoms with Gasteiger partial charge in [-0.25, -0.2) is 0 Å². The molecule has 0 atom stereocenters. The summed E-state index contributed by atoms with van der Waals surface area (Å²) in [6, 6.07) is 19.1. The molecule has 4 N–H and O–H groups in total. The first kappa shape index (κ1) is 30.0. The predicted octanol–water partition coefficient (Wildman–Crippen LogP) is 4.98. The Hall–Kier alpha value is -3.19. The molecule has 37 heavy (non-hydrogen) atoms. The maximum absolute atomic E-state index is 12.9. The summed E-state index contributed by atoms with van der Waals surface area (Å²) in [6.45, 7) is 6.94. The number of hydrogen-bond acceptors (Lipinski definition) is 5. The second-order valence-electron chi connectivity index (χ2n) is 8.90. The van der Waals surface area contributed by atoms with Gasteiger partial charge < -0.3 is 21.3 Å². The van der Waals surface area contributed by atoms with E-state index in [1.165, 1.54) is 12.2 Å². The van der Waals surface area contributed by atoms with Gasteiger partial charge >= 0.3 is 0 Å². The Bertz CT molecular complexity index is 927. The standard InChI is InChI=1S/C30H42N4O2S/c1-3-5-17-33(29(35)23-27(31)25-13-9-7-10-14-25)19-21-37-22-20-34(18-6-4-2)30(36)24-28(32)26-15-11-8-12-16-26/h7-16,23-24H,3-6,17-22,31-32H2,1-2H3/b27-23-,28-24-. The first-order valence-corrected chi connectivity index (χ1v) is 14.3. The molecule has 0 aliphatic carbocycles. The van der Waals surface area contributed by atoms with E-state index in [-0.39, 0.29) is 11.8 Å². The van der Waals surface area contributed by atoms with Gasteiger partial charge in [0.25, 0.3) is 0 Å². The molecule has 0 radical (unpaired) electrons. The number of thioether (sulfide) groups is 1. The van der Waals surface area contributed by atoms with Crippen molar-refractivity contribution in [2.24, 2.45) is 11.5 Å². The minimum atomic E-state index is -0.0586. The summed E-state index contributed by atoms with van der Waals surface area (Å²) < 4.78 is 0. The second-order valence-corrected chi connectivity index (χ2v) is 10.1. The van der Waals surface area contributed by atoms with Crippen LogP contribution in [0.1, 0.15) is 50.7 Å². The number of rotatable bonds is 16. The molecule has 0 saturated heterocycles. The van der Waals surface area contributed by atoms with Gasteiger partial charge in [0.05, 0.1) is 0 Å². The molecular formula is C30H42N4O2S. The van der Waals surface area contributed by atoms with Crippen LogP contribution < -0.4 is 11.5 Å². The monoisotopic (exact) mass is 522 g/mol. The predicted molar refractivity (Wildman–Crippen MR) is 158 cm³/mol. The molecule has 0 fully saturated rings. The quantitative estimate of drug-likeness (QED) is 0.240. The lowest BCUT2D eigenvalue weighted by atomic mass is 10.1.